The van der Waals surface area contributed by atoms with E-state index >= 15 is 0 Å². The van der Waals surface area contributed by atoms with Gasteiger partial charge in [0.15, 0.2) is 0 Å². The van der Waals surface area contributed by atoms with Crippen LogP contribution in [0.5, 0.6) is 11.5 Å². The summed E-state index contributed by atoms with van der Waals surface area (Å²) >= 11 is 0. The number of benzene rings is 2. The predicted octanol–water partition coefficient (Wildman–Crippen LogP) is 4.44. The molecule has 8 nitrogen and oxygen atoms in total. The van der Waals surface area contributed by atoms with Crippen molar-refractivity contribution in [2.45, 2.75) is 33.2 Å². The molecule has 0 radical (unpaired) electrons. The number of hydrogen-bond donors (Lipinski definition) is 0. The number of aromatic nitrogens is 3. The fourth-order valence-electron chi connectivity index (χ4n) is 5.04. The van der Waals surface area contributed by atoms with Crippen LogP contribution in [0.2, 0.25) is 0 Å². The molecule has 5 rings (SSSR count). The molecule has 3 heterocycles. The van der Waals surface area contributed by atoms with Gasteiger partial charge in [-0.1, -0.05) is 17.3 Å². The molecule has 8 heteroatoms. The maximum atomic E-state index is 5.63. The largest absolute Gasteiger partial charge is 0.497 e. The Morgan fingerprint density at radius 2 is 1.78 bits per heavy atom. The van der Waals surface area contributed by atoms with Crippen LogP contribution < -0.4 is 9.47 Å². The fourth-order valence-corrected chi connectivity index (χ4v) is 5.04. The average molecular weight is 491 g/mol. The normalized spacial score (nSPS) is 14.4. The molecule has 0 bridgehead atoms. The Kier molecular flexibility index (Phi) is 7.25. The summed E-state index contributed by atoms with van der Waals surface area (Å²) in [5, 5.41) is 4.13. The molecule has 4 aromatic rings. The molecule has 2 aromatic carbocycles. The third-order valence-electron chi connectivity index (χ3n) is 7.01. The van der Waals surface area contributed by atoms with Gasteiger partial charge in [-0.25, -0.2) is 4.98 Å². The number of aryl methyl sites for hydroxylation is 4. The van der Waals surface area contributed by atoms with Crippen LogP contribution in [-0.2, 0) is 24.1 Å². The monoisotopic (exact) mass is 490 g/mol. The van der Waals surface area contributed by atoms with E-state index in [-0.39, 0.29) is 0 Å². The van der Waals surface area contributed by atoms with Crippen LogP contribution in [0.15, 0.2) is 40.9 Å². The van der Waals surface area contributed by atoms with Gasteiger partial charge < -0.3 is 23.3 Å². The molecule has 0 atom stereocenters. The highest BCUT2D eigenvalue weighted by molar-refractivity contribution is 5.83. The lowest BCUT2D eigenvalue weighted by atomic mass is 10.0. The van der Waals surface area contributed by atoms with Crippen LogP contribution in [0.25, 0.3) is 22.2 Å². The van der Waals surface area contributed by atoms with Gasteiger partial charge >= 0.3 is 0 Å². The molecule has 0 unspecified atom stereocenters. The first-order chi connectivity index (χ1) is 17.6. The van der Waals surface area contributed by atoms with E-state index in [1.54, 1.807) is 14.2 Å². The highest BCUT2D eigenvalue weighted by Crippen LogP contribution is 2.31. The minimum absolute atomic E-state index is 0.792. The number of methoxy groups -OCH3 is 2. The molecule has 1 saturated heterocycles. The summed E-state index contributed by atoms with van der Waals surface area (Å²) in [4.78, 5) is 7.58. The van der Waals surface area contributed by atoms with Crippen molar-refractivity contribution < 1.29 is 18.7 Å². The first-order valence-electron chi connectivity index (χ1n) is 12.5. The van der Waals surface area contributed by atoms with Crippen molar-refractivity contribution in [3.8, 4) is 22.6 Å². The minimum atomic E-state index is 0.792. The van der Waals surface area contributed by atoms with Crippen LogP contribution in [0, 0.1) is 13.8 Å². The Morgan fingerprint density at radius 1 is 0.944 bits per heavy atom. The van der Waals surface area contributed by atoms with E-state index in [0.29, 0.717) is 0 Å². The zero-order valence-corrected chi connectivity index (χ0v) is 21.5. The van der Waals surface area contributed by atoms with Gasteiger partial charge in [-0.15, -0.1) is 0 Å². The molecule has 0 saturated carbocycles. The van der Waals surface area contributed by atoms with Gasteiger partial charge in [-0.2, -0.15) is 0 Å². The van der Waals surface area contributed by atoms with Crippen LogP contribution >= 0.6 is 0 Å². The molecular formula is C28H34N4O4. The van der Waals surface area contributed by atoms with Crippen LogP contribution in [0.1, 0.15) is 22.8 Å². The SMILES string of the molecule is COc1ccc(CCc2nc3cc(-c4c(C)noc4C)ccc3n2CCN2CCOCC2)c(OC)c1. The number of ether oxygens (including phenoxy) is 3. The molecule has 0 spiro atoms. The zero-order valence-electron chi connectivity index (χ0n) is 21.5. The number of nitrogens with zero attached hydrogens (tertiary/aromatic N) is 4. The molecule has 0 N–H and O–H groups in total. The molecular weight excluding hydrogens is 456 g/mol. The Bertz CT molecular complexity index is 1320. The molecule has 1 aliphatic rings. The minimum Gasteiger partial charge on any atom is -0.497 e. The second-order valence-corrected chi connectivity index (χ2v) is 9.21. The van der Waals surface area contributed by atoms with E-state index in [2.05, 4.69) is 38.9 Å². The zero-order chi connectivity index (χ0) is 25.1. The lowest BCUT2D eigenvalue weighted by Crippen LogP contribution is -2.38. The summed E-state index contributed by atoms with van der Waals surface area (Å²) in [5.41, 5.74) is 6.30. The molecule has 0 amide bonds. The van der Waals surface area contributed by atoms with Crippen molar-refractivity contribution in [2.75, 3.05) is 47.1 Å². The van der Waals surface area contributed by atoms with Crippen molar-refractivity contribution in [1.82, 2.24) is 19.6 Å². The van der Waals surface area contributed by atoms with Crippen molar-refractivity contribution in [3.63, 3.8) is 0 Å². The second-order valence-electron chi connectivity index (χ2n) is 9.21. The molecule has 36 heavy (non-hydrogen) atoms. The summed E-state index contributed by atoms with van der Waals surface area (Å²) in [6.45, 7) is 9.34. The predicted molar refractivity (Wildman–Crippen MR) is 139 cm³/mol. The number of imidazole rings is 1. The van der Waals surface area contributed by atoms with Gasteiger partial charge in [0.2, 0.25) is 0 Å². The Balaban J connectivity index is 1.46. The first-order valence-corrected chi connectivity index (χ1v) is 12.5. The molecule has 190 valence electrons. The Morgan fingerprint density at radius 3 is 2.50 bits per heavy atom. The molecule has 0 aliphatic carbocycles. The van der Waals surface area contributed by atoms with Gasteiger partial charge in [-0.3, -0.25) is 4.90 Å². The van der Waals surface area contributed by atoms with Crippen molar-refractivity contribution >= 4 is 11.0 Å². The second kappa shape index (κ2) is 10.7. The van der Waals surface area contributed by atoms with Crippen molar-refractivity contribution in [3.05, 3.63) is 59.2 Å². The molecule has 1 fully saturated rings. The summed E-state index contributed by atoms with van der Waals surface area (Å²) in [6, 6.07) is 12.5. The fraction of sp³-hybridized carbons (Fsp3) is 0.429. The van der Waals surface area contributed by atoms with Gasteiger partial charge in [0.05, 0.1) is 44.2 Å². The standard InChI is InChI=1S/C28H34N4O4/c1-19-28(20(2)36-30-19)22-6-9-25-24(17-22)29-27(32(25)12-11-31-13-15-35-16-14-31)10-7-21-5-8-23(33-3)18-26(21)34-4/h5-6,8-9,17-18H,7,10-16H2,1-4H3. The number of morpholine rings is 1. The molecule has 1 aliphatic heterocycles. The topological polar surface area (TPSA) is 74.8 Å². The maximum absolute atomic E-state index is 5.63. The Labute approximate surface area is 211 Å². The van der Waals surface area contributed by atoms with E-state index in [4.69, 9.17) is 23.7 Å². The lowest BCUT2D eigenvalue weighted by molar-refractivity contribution is 0.0364. The third kappa shape index (κ3) is 4.96. The van der Waals surface area contributed by atoms with E-state index in [1.807, 2.05) is 26.0 Å². The van der Waals surface area contributed by atoms with Crippen molar-refractivity contribution in [1.29, 1.82) is 0 Å². The number of fused-ring (bicyclic) bond motifs is 1. The quantitative estimate of drug-likeness (QED) is 0.343. The number of hydrogen-bond acceptors (Lipinski definition) is 7. The maximum Gasteiger partial charge on any atom is 0.141 e. The summed E-state index contributed by atoms with van der Waals surface area (Å²) in [7, 11) is 3.37. The van der Waals surface area contributed by atoms with Gasteiger partial charge in [-0.05, 0) is 49.6 Å². The summed E-state index contributed by atoms with van der Waals surface area (Å²) in [5.74, 6) is 3.53. The summed E-state index contributed by atoms with van der Waals surface area (Å²) < 4.78 is 24.3. The van der Waals surface area contributed by atoms with Gasteiger partial charge in [0.1, 0.15) is 23.1 Å². The first kappa shape index (κ1) is 24.3. The van der Waals surface area contributed by atoms with Crippen LogP contribution in [0.4, 0.5) is 0 Å². The van der Waals surface area contributed by atoms with Gasteiger partial charge in [0, 0.05) is 44.2 Å². The smallest absolute Gasteiger partial charge is 0.141 e. The molecule has 2 aromatic heterocycles. The Hall–Kier alpha value is -3.36. The third-order valence-corrected chi connectivity index (χ3v) is 7.01. The van der Waals surface area contributed by atoms with E-state index in [9.17, 15) is 0 Å². The highest BCUT2D eigenvalue weighted by Gasteiger charge is 2.18. The average Bonchev–Trinajstić information content (AvgIpc) is 3.44. The van der Waals surface area contributed by atoms with E-state index in [1.165, 1.54) is 0 Å². The van der Waals surface area contributed by atoms with Crippen molar-refractivity contribution in [2.24, 2.45) is 0 Å². The van der Waals surface area contributed by atoms with Gasteiger partial charge in [0.25, 0.3) is 0 Å². The number of rotatable bonds is 9. The van der Waals surface area contributed by atoms with Crippen LogP contribution in [-0.4, -0.2) is 66.7 Å². The van der Waals surface area contributed by atoms with E-state index in [0.717, 1.165) is 109 Å². The lowest BCUT2D eigenvalue weighted by Gasteiger charge is -2.27. The highest BCUT2D eigenvalue weighted by atomic mass is 16.5. The van der Waals surface area contributed by atoms with Crippen LogP contribution in [0.3, 0.4) is 0 Å². The summed E-state index contributed by atoms with van der Waals surface area (Å²) in [6.07, 6.45) is 1.63. The van der Waals surface area contributed by atoms with E-state index < -0.39 is 0 Å².